The largest absolute Gasteiger partial charge is 0.322 e. The first-order valence-corrected chi connectivity index (χ1v) is 10.9. The summed E-state index contributed by atoms with van der Waals surface area (Å²) in [4.78, 5) is 22.7. The molecule has 1 saturated heterocycles. The number of nitro groups is 1. The number of anilines is 1. The monoisotopic (exact) mass is 437 g/mol. The van der Waals surface area contributed by atoms with Crippen LogP contribution in [0, 0.1) is 16.0 Å². The Morgan fingerprint density at radius 2 is 1.79 bits per heavy atom. The molecule has 8 nitrogen and oxygen atoms in total. The van der Waals surface area contributed by atoms with Gasteiger partial charge in [-0.1, -0.05) is 18.5 Å². The third-order valence-corrected chi connectivity index (χ3v) is 7.13. The second kappa shape index (κ2) is 8.48. The first-order valence-electron chi connectivity index (χ1n) is 9.04. The van der Waals surface area contributed by atoms with Crippen LogP contribution in [0.15, 0.2) is 47.4 Å². The molecule has 10 heteroatoms. The number of nitro benzene ring substituents is 1. The minimum absolute atomic E-state index is 0.0461. The van der Waals surface area contributed by atoms with Crippen LogP contribution in [-0.2, 0) is 10.0 Å². The SMILES string of the molecule is CC1CCN(S(=O)(=O)c2ccc(NC(=O)c3ccc([N+](=O)[O-])cc3Cl)cc2)CC1. The standard InChI is InChI=1S/C19H20ClN3O5S/c1-13-8-10-22(11-9-13)29(27,28)16-5-2-14(3-6-16)21-19(24)17-7-4-15(23(25)26)12-18(17)20/h2-7,12-13H,8-11H2,1H3,(H,21,24). The highest BCUT2D eigenvalue weighted by Gasteiger charge is 2.28. The molecule has 29 heavy (non-hydrogen) atoms. The zero-order valence-electron chi connectivity index (χ0n) is 15.7. The van der Waals surface area contributed by atoms with Crippen molar-refractivity contribution in [2.45, 2.75) is 24.7 Å². The van der Waals surface area contributed by atoms with E-state index in [1.807, 2.05) is 0 Å². The molecule has 1 N–H and O–H groups in total. The zero-order valence-corrected chi connectivity index (χ0v) is 17.2. The van der Waals surface area contributed by atoms with E-state index in [0.29, 0.717) is 24.7 Å². The van der Waals surface area contributed by atoms with E-state index in [1.165, 1.54) is 40.7 Å². The van der Waals surface area contributed by atoms with Crippen LogP contribution < -0.4 is 5.32 Å². The van der Waals surface area contributed by atoms with Crippen LogP contribution in [0.2, 0.25) is 5.02 Å². The summed E-state index contributed by atoms with van der Waals surface area (Å²) in [5, 5.41) is 13.3. The van der Waals surface area contributed by atoms with Crippen molar-refractivity contribution in [2.24, 2.45) is 5.92 Å². The van der Waals surface area contributed by atoms with Crippen molar-refractivity contribution < 1.29 is 18.1 Å². The molecule has 0 spiro atoms. The summed E-state index contributed by atoms with van der Waals surface area (Å²) in [6.45, 7) is 3.11. The van der Waals surface area contributed by atoms with Gasteiger partial charge < -0.3 is 5.32 Å². The summed E-state index contributed by atoms with van der Waals surface area (Å²) < 4.78 is 27.0. The molecule has 154 valence electrons. The number of nitrogens with zero attached hydrogens (tertiary/aromatic N) is 2. The van der Waals surface area contributed by atoms with Crippen molar-refractivity contribution in [3.8, 4) is 0 Å². The Balaban J connectivity index is 1.72. The summed E-state index contributed by atoms with van der Waals surface area (Å²) >= 11 is 5.97. The number of non-ortho nitro benzene ring substituents is 1. The maximum Gasteiger partial charge on any atom is 0.270 e. The normalized spacial score (nSPS) is 15.8. The molecule has 0 atom stereocenters. The van der Waals surface area contributed by atoms with Gasteiger partial charge in [0.2, 0.25) is 10.0 Å². The van der Waals surface area contributed by atoms with E-state index in [1.54, 1.807) is 0 Å². The Hall–Kier alpha value is -2.49. The van der Waals surface area contributed by atoms with Crippen molar-refractivity contribution in [1.29, 1.82) is 0 Å². The fourth-order valence-corrected chi connectivity index (χ4v) is 4.82. The predicted octanol–water partition coefficient (Wildman–Crippen LogP) is 3.92. The van der Waals surface area contributed by atoms with Crippen molar-refractivity contribution >= 4 is 38.9 Å². The van der Waals surface area contributed by atoms with Crippen LogP contribution in [0.3, 0.4) is 0 Å². The smallest absolute Gasteiger partial charge is 0.270 e. The minimum atomic E-state index is -3.57. The highest BCUT2D eigenvalue weighted by molar-refractivity contribution is 7.89. The lowest BCUT2D eigenvalue weighted by atomic mass is 10.0. The van der Waals surface area contributed by atoms with E-state index in [-0.39, 0.29) is 21.2 Å². The molecule has 0 saturated carbocycles. The zero-order chi connectivity index (χ0) is 21.2. The van der Waals surface area contributed by atoms with Gasteiger partial charge in [-0.3, -0.25) is 14.9 Å². The van der Waals surface area contributed by atoms with Gasteiger partial charge in [0.1, 0.15) is 0 Å². The number of benzene rings is 2. The third-order valence-electron chi connectivity index (χ3n) is 4.90. The number of carbonyl (C=O) groups is 1. The first kappa shape index (κ1) is 21.2. The molecule has 0 aromatic heterocycles. The Labute approximate surface area is 173 Å². The quantitative estimate of drug-likeness (QED) is 0.563. The predicted molar refractivity (Wildman–Crippen MR) is 110 cm³/mol. The van der Waals surface area contributed by atoms with Crippen molar-refractivity contribution in [1.82, 2.24) is 4.31 Å². The molecule has 3 rings (SSSR count). The van der Waals surface area contributed by atoms with Gasteiger partial charge in [0.15, 0.2) is 0 Å². The highest BCUT2D eigenvalue weighted by Crippen LogP contribution is 2.26. The van der Waals surface area contributed by atoms with Gasteiger partial charge >= 0.3 is 0 Å². The molecule has 1 fully saturated rings. The lowest BCUT2D eigenvalue weighted by molar-refractivity contribution is -0.384. The van der Waals surface area contributed by atoms with Crippen LogP contribution >= 0.6 is 11.6 Å². The Bertz CT molecular complexity index is 1030. The van der Waals surface area contributed by atoms with Crippen LogP contribution in [0.1, 0.15) is 30.1 Å². The number of sulfonamides is 1. The van der Waals surface area contributed by atoms with Gasteiger partial charge in [-0.2, -0.15) is 4.31 Å². The molecule has 0 radical (unpaired) electrons. The molecular formula is C19H20ClN3O5S. The lowest BCUT2D eigenvalue weighted by Crippen LogP contribution is -2.37. The fourth-order valence-electron chi connectivity index (χ4n) is 3.08. The Morgan fingerprint density at radius 1 is 1.17 bits per heavy atom. The summed E-state index contributed by atoms with van der Waals surface area (Å²) in [6, 6.07) is 9.45. The summed E-state index contributed by atoms with van der Waals surface area (Å²) in [7, 11) is -3.57. The molecule has 1 aliphatic rings. The molecule has 2 aromatic carbocycles. The number of halogens is 1. The van der Waals surface area contributed by atoms with Crippen molar-refractivity contribution in [2.75, 3.05) is 18.4 Å². The van der Waals surface area contributed by atoms with E-state index in [4.69, 9.17) is 11.6 Å². The molecule has 2 aromatic rings. The molecule has 0 unspecified atom stereocenters. The highest BCUT2D eigenvalue weighted by atomic mass is 35.5. The number of nitrogens with one attached hydrogen (secondary N) is 1. The molecule has 0 bridgehead atoms. The van der Waals surface area contributed by atoms with Gasteiger partial charge in [0, 0.05) is 30.9 Å². The number of rotatable bonds is 5. The average Bonchev–Trinajstić information content (AvgIpc) is 2.68. The third kappa shape index (κ3) is 4.75. The fraction of sp³-hybridized carbons (Fsp3) is 0.316. The minimum Gasteiger partial charge on any atom is -0.322 e. The van der Waals surface area contributed by atoms with Crippen LogP contribution in [0.5, 0.6) is 0 Å². The molecule has 1 aliphatic heterocycles. The lowest BCUT2D eigenvalue weighted by Gasteiger charge is -2.29. The number of hydrogen-bond donors (Lipinski definition) is 1. The first-order chi connectivity index (χ1) is 13.7. The number of piperidine rings is 1. The molecule has 0 aliphatic carbocycles. The summed E-state index contributed by atoms with van der Waals surface area (Å²) in [5.74, 6) is -0.0317. The van der Waals surface area contributed by atoms with Gasteiger partial charge in [-0.15, -0.1) is 0 Å². The van der Waals surface area contributed by atoms with Crippen LogP contribution in [-0.4, -0.2) is 36.6 Å². The number of hydrogen-bond acceptors (Lipinski definition) is 5. The van der Waals surface area contributed by atoms with Gasteiger partial charge in [0.05, 0.1) is 20.4 Å². The molecular weight excluding hydrogens is 418 g/mol. The van der Waals surface area contributed by atoms with E-state index in [9.17, 15) is 23.3 Å². The second-order valence-corrected chi connectivity index (χ2v) is 9.33. The van der Waals surface area contributed by atoms with Gasteiger partial charge in [-0.25, -0.2) is 8.42 Å². The summed E-state index contributed by atoms with van der Waals surface area (Å²) in [6.07, 6.45) is 1.67. The summed E-state index contributed by atoms with van der Waals surface area (Å²) in [5.41, 5.74) is 0.250. The number of amides is 1. The average molecular weight is 438 g/mol. The second-order valence-electron chi connectivity index (χ2n) is 6.99. The van der Waals surface area contributed by atoms with E-state index in [0.717, 1.165) is 18.9 Å². The maximum absolute atomic E-state index is 12.7. The van der Waals surface area contributed by atoms with Crippen LogP contribution in [0.25, 0.3) is 0 Å². The van der Waals surface area contributed by atoms with E-state index >= 15 is 0 Å². The topological polar surface area (TPSA) is 110 Å². The Morgan fingerprint density at radius 3 is 2.34 bits per heavy atom. The van der Waals surface area contributed by atoms with E-state index < -0.39 is 20.9 Å². The van der Waals surface area contributed by atoms with Gasteiger partial charge in [-0.05, 0) is 49.1 Å². The van der Waals surface area contributed by atoms with Crippen molar-refractivity contribution in [3.05, 3.63) is 63.2 Å². The Kier molecular flexibility index (Phi) is 6.21. The molecule has 1 amide bonds. The molecule has 1 heterocycles. The number of carbonyl (C=O) groups excluding carboxylic acids is 1. The van der Waals surface area contributed by atoms with Crippen molar-refractivity contribution in [3.63, 3.8) is 0 Å². The van der Waals surface area contributed by atoms with E-state index in [2.05, 4.69) is 12.2 Å². The van der Waals surface area contributed by atoms with Crippen LogP contribution in [0.4, 0.5) is 11.4 Å². The maximum atomic E-state index is 12.7. The van der Waals surface area contributed by atoms with Gasteiger partial charge in [0.25, 0.3) is 11.6 Å².